The maximum atomic E-state index is 8.85. The fourth-order valence-corrected chi connectivity index (χ4v) is 1.30. The van der Waals surface area contributed by atoms with Gasteiger partial charge >= 0.3 is 0 Å². The van der Waals surface area contributed by atoms with Crippen LogP contribution in [0.1, 0.15) is 18.4 Å². The van der Waals surface area contributed by atoms with E-state index in [0.717, 1.165) is 10.6 Å². The topological polar surface area (TPSA) is 20.2 Å². The zero-order chi connectivity index (χ0) is 8.27. The summed E-state index contributed by atoms with van der Waals surface area (Å²) in [6, 6.07) is 7.58. The Morgan fingerprint density at radius 1 is 1.45 bits per heavy atom. The molecule has 60 valence electrons. The van der Waals surface area contributed by atoms with Gasteiger partial charge in [-0.25, -0.2) is 0 Å². The van der Waals surface area contributed by atoms with Gasteiger partial charge in [-0.05, 0) is 11.6 Å². The van der Waals surface area contributed by atoms with Gasteiger partial charge in [-0.2, -0.15) is 0 Å². The third kappa shape index (κ3) is 1.95. The summed E-state index contributed by atoms with van der Waals surface area (Å²) in [5.74, 6) is 0.128. The summed E-state index contributed by atoms with van der Waals surface area (Å²) < 4.78 is 0. The molecule has 1 aromatic rings. The molecular formula is C9H11ClO. The van der Waals surface area contributed by atoms with Crippen molar-refractivity contribution in [2.75, 3.05) is 6.61 Å². The van der Waals surface area contributed by atoms with Crippen LogP contribution >= 0.6 is 11.6 Å². The molecule has 0 aliphatic carbocycles. The van der Waals surface area contributed by atoms with Crippen molar-refractivity contribution in [2.24, 2.45) is 0 Å². The van der Waals surface area contributed by atoms with Crippen LogP contribution < -0.4 is 0 Å². The van der Waals surface area contributed by atoms with Crippen LogP contribution in [0.25, 0.3) is 0 Å². The SMILES string of the molecule is C[C@@H](CO)c1ccccc1Cl. The first-order valence-electron chi connectivity index (χ1n) is 3.61. The van der Waals surface area contributed by atoms with Gasteiger partial charge in [0.05, 0.1) is 0 Å². The molecule has 0 aliphatic rings. The molecule has 0 unspecified atom stereocenters. The molecule has 0 aromatic heterocycles. The molecule has 1 rings (SSSR count). The van der Waals surface area contributed by atoms with Crippen molar-refractivity contribution in [1.82, 2.24) is 0 Å². The highest BCUT2D eigenvalue weighted by Gasteiger charge is 2.06. The van der Waals surface area contributed by atoms with E-state index < -0.39 is 0 Å². The van der Waals surface area contributed by atoms with Crippen molar-refractivity contribution in [3.8, 4) is 0 Å². The first-order chi connectivity index (χ1) is 5.25. The van der Waals surface area contributed by atoms with E-state index in [9.17, 15) is 0 Å². The molecule has 0 aliphatic heterocycles. The minimum absolute atomic E-state index is 0.128. The second-order valence-electron chi connectivity index (χ2n) is 2.61. The van der Waals surface area contributed by atoms with Gasteiger partial charge in [0, 0.05) is 17.5 Å². The van der Waals surface area contributed by atoms with Gasteiger partial charge in [-0.15, -0.1) is 0 Å². The standard InChI is InChI=1S/C9H11ClO/c1-7(6-11)8-4-2-3-5-9(8)10/h2-5,7,11H,6H2,1H3/t7-/m0/s1. The van der Waals surface area contributed by atoms with Crippen molar-refractivity contribution in [3.05, 3.63) is 34.9 Å². The van der Waals surface area contributed by atoms with E-state index in [0.29, 0.717) is 0 Å². The Morgan fingerprint density at radius 3 is 2.64 bits per heavy atom. The monoisotopic (exact) mass is 170 g/mol. The van der Waals surface area contributed by atoms with Crippen LogP contribution in [0.5, 0.6) is 0 Å². The van der Waals surface area contributed by atoms with Gasteiger partial charge in [0.25, 0.3) is 0 Å². The van der Waals surface area contributed by atoms with E-state index in [1.165, 1.54) is 0 Å². The van der Waals surface area contributed by atoms with Crippen LogP contribution in [0.2, 0.25) is 5.02 Å². The number of benzene rings is 1. The number of rotatable bonds is 2. The molecular weight excluding hydrogens is 160 g/mol. The van der Waals surface area contributed by atoms with Gasteiger partial charge in [0.2, 0.25) is 0 Å². The third-order valence-electron chi connectivity index (χ3n) is 1.71. The second kappa shape index (κ2) is 3.74. The van der Waals surface area contributed by atoms with Crippen molar-refractivity contribution in [2.45, 2.75) is 12.8 Å². The summed E-state index contributed by atoms with van der Waals surface area (Å²) in [6.45, 7) is 2.09. The number of hydrogen-bond donors (Lipinski definition) is 1. The van der Waals surface area contributed by atoms with Crippen molar-refractivity contribution in [1.29, 1.82) is 0 Å². The predicted molar refractivity (Wildman–Crippen MR) is 47.0 cm³/mol. The molecule has 1 nitrogen and oxygen atoms in total. The van der Waals surface area contributed by atoms with Crippen LogP contribution in [0.4, 0.5) is 0 Å². The van der Waals surface area contributed by atoms with E-state index in [4.69, 9.17) is 16.7 Å². The van der Waals surface area contributed by atoms with Gasteiger partial charge in [-0.1, -0.05) is 36.7 Å². The number of aliphatic hydroxyl groups is 1. The van der Waals surface area contributed by atoms with Crippen LogP contribution in [0.15, 0.2) is 24.3 Å². The molecule has 0 fully saturated rings. The summed E-state index contributed by atoms with van der Waals surface area (Å²) in [4.78, 5) is 0. The Kier molecular flexibility index (Phi) is 2.92. The molecule has 1 N–H and O–H groups in total. The average Bonchev–Trinajstić information content (AvgIpc) is 2.04. The minimum Gasteiger partial charge on any atom is -0.396 e. The van der Waals surface area contributed by atoms with E-state index in [-0.39, 0.29) is 12.5 Å². The summed E-state index contributed by atoms with van der Waals surface area (Å²) in [7, 11) is 0. The fraction of sp³-hybridized carbons (Fsp3) is 0.333. The molecule has 0 radical (unpaired) electrons. The predicted octanol–water partition coefficient (Wildman–Crippen LogP) is 2.44. The van der Waals surface area contributed by atoms with Crippen LogP contribution in [0, 0.1) is 0 Å². The smallest absolute Gasteiger partial charge is 0.0497 e. The first-order valence-corrected chi connectivity index (χ1v) is 3.98. The Hall–Kier alpha value is -0.530. The highest BCUT2D eigenvalue weighted by Crippen LogP contribution is 2.22. The molecule has 1 atom stereocenters. The van der Waals surface area contributed by atoms with E-state index in [2.05, 4.69) is 0 Å². The lowest BCUT2D eigenvalue weighted by Gasteiger charge is -2.08. The lowest BCUT2D eigenvalue weighted by Crippen LogP contribution is -1.98. The highest BCUT2D eigenvalue weighted by molar-refractivity contribution is 6.31. The Bertz CT molecular complexity index is 235. The second-order valence-corrected chi connectivity index (χ2v) is 3.01. The highest BCUT2D eigenvalue weighted by atomic mass is 35.5. The number of hydrogen-bond acceptors (Lipinski definition) is 1. The minimum atomic E-state index is 0.128. The van der Waals surface area contributed by atoms with Crippen LogP contribution in [-0.4, -0.2) is 11.7 Å². The maximum absolute atomic E-state index is 8.85. The van der Waals surface area contributed by atoms with Crippen LogP contribution in [0.3, 0.4) is 0 Å². The summed E-state index contributed by atoms with van der Waals surface area (Å²) in [5, 5.41) is 9.58. The molecule has 1 aromatic carbocycles. The van der Waals surface area contributed by atoms with E-state index in [1.54, 1.807) is 0 Å². The van der Waals surface area contributed by atoms with Crippen LogP contribution in [-0.2, 0) is 0 Å². The average molecular weight is 171 g/mol. The molecule has 0 spiro atoms. The van der Waals surface area contributed by atoms with Gasteiger partial charge in [0.15, 0.2) is 0 Å². The van der Waals surface area contributed by atoms with Crippen molar-refractivity contribution >= 4 is 11.6 Å². The zero-order valence-corrected chi connectivity index (χ0v) is 7.17. The Balaban J connectivity index is 2.93. The normalized spacial score (nSPS) is 13.0. The zero-order valence-electron chi connectivity index (χ0n) is 6.42. The lowest BCUT2D eigenvalue weighted by atomic mass is 10.0. The molecule has 0 amide bonds. The largest absolute Gasteiger partial charge is 0.396 e. The summed E-state index contributed by atoms with van der Waals surface area (Å²) in [5.41, 5.74) is 1.01. The molecule has 0 heterocycles. The number of aliphatic hydroxyl groups excluding tert-OH is 1. The Morgan fingerprint density at radius 2 is 2.09 bits per heavy atom. The molecule has 2 heteroatoms. The van der Waals surface area contributed by atoms with Crippen molar-refractivity contribution < 1.29 is 5.11 Å². The molecule has 0 saturated carbocycles. The molecule has 0 saturated heterocycles. The molecule has 0 bridgehead atoms. The van der Waals surface area contributed by atoms with Crippen molar-refractivity contribution in [3.63, 3.8) is 0 Å². The van der Waals surface area contributed by atoms with Gasteiger partial charge in [-0.3, -0.25) is 0 Å². The van der Waals surface area contributed by atoms with Gasteiger partial charge in [0.1, 0.15) is 0 Å². The van der Waals surface area contributed by atoms with E-state index in [1.807, 2.05) is 31.2 Å². The summed E-state index contributed by atoms with van der Waals surface area (Å²) >= 11 is 5.89. The quantitative estimate of drug-likeness (QED) is 0.723. The van der Waals surface area contributed by atoms with Gasteiger partial charge < -0.3 is 5.11 Å². The molecule has 11 heavy (non-hydrogen) atoms. The Labute approximate surface area is 71.6 Å². The summed E-state index contributed by atoms with van der Waals surface area (Å²) in [6.07, 6.45) is 0. The number of halogens is 1. The first kappa shape index (κ1) is 8.57. The maximum Gasteiger partial charge on any atom is 0.0497 e. The fourth-order valence-electron chi connectivity index (χ4n) is 0.973. The lowest BCUT2D eigenvalue weighted by molar-refractivity contribution is 0.273. The third-order valence-corrected chi connectivity index (χ3v) is 2.05. The van der Waals surface area contributed by atoms with E-state index >= 15 is 0 Å².